The quantitative estimate of drug-likeness (QED) is 0.272. The lowest BCUT2D eigenvalue weighted by Gasteiger charge is -2.24. The van der Waals surface area contributed by atoms with E-state index in [4.69, 9.17) is 4.74 Å². The fraction of sp³-hybridized carbons (Fsp3) is 0.321. The highest BCUT2D eigenvalue weighted by atomic mass is 79.9. The molecule has 186 valence electrons. The molecule has 4 aromatic rings. The molecule has 1 aliphatic rings. The number of carboxylic acid groups (broad SMARTS) is 1. The number of rotatable bonds is 8. The van der Waals surface area contributed by atoms with Crippen LogP contribution in [0.4, 0.5) is 4.39 Å². The second-order valence-corrected chi connectivity index (χ2v) is 10.5. The van der Waals surface area contributed by atoms with E-state index in [0.717, 1.165) is 34.1 Å². The molecular formula is C28H27BrFN3O3. The van der Waals surface area contributed by atoms with Crippen LogP contribution in [-0.4, -0.2) is 25.6 Å². The van der Waals surface area contributed by atoms with Crippen molar-refractivity contribution in [3.8, 4) is 5.75 Å². The average Bonchev–Trinajstić information content (AvgIpc) is 3.47. The highest BCUT2D eigenvalue weighted by molar-refractivity contribution is 9.10. The SMILES string of the molecule is Cc1ccc(COc2cc(F)c3nc(CC4(C(=O)O)CCCC4)n(Cc4ccc(Br)cc4)c3c2)nc1. The minimum Gasteiger partial charge on any atom is -0.487 e. The first-order valence-corrected chi connectivity index (χ1v) is 12.8. The number of aliphatic carboxylic acids is 1. The zero-order valence-electron chi connectivity index (χ0n) is 20.0. The number of imidazole rings is 1. The van der Waals surface area contributed by atoms with Crippen LogP contribution in [0, 0.1) is 18.2 Å². The van der Waals surface area contributed by atoms with E-state index in [1.165, 1.54) is 6.07 Å². The molecule has 0 bridgehead atoms. The number of ether oxygens (including phenoxy) is 1. The smallest absolute Gasteiger partial charge is 0.310 e. The van der Waals surface area contributed by atoms with Gasteiger partial charge in [0.2, 0.25) is 0 Å². The first-order chi connectivity index (χ1) is 17.3. The number of fused-ring (bicyclic) bond motifs is 1. The summed E-state index contributed by atoms with van der Waals surface area (Å²) in [6, 6.07) is 14.8. The van der Waals surface area contributed by atoms with Crippen LogP contribution in [0.1, 0.15) is 48.3 Å². The summed E-state index contributed by atoms with van der Waals surface area (Å²) in [5.74, 6) is -0.350. The Balaban J connectivity index is 1.54. The van der Waals surface area contributed by atoms with Crippen LogP contribution < -0.4 is 4.74 Å². The molecule has 0 atom stereocenters. The van der Waals surface area contributed by atoms with Crippen LogP contribution in [0.2, 0.25) is 0 Å². The van der Waals surface area contributed by atoms with Crippen molar-refractivity contribution in [3.05, 3.63) is 87.7 Å². The van der Waals surface area contributed by atoms with Gasteiger partial charge in [-0.05, 0) is 49.1 Å². The molecule has 0 unspecified atom stereocenters. The van der Waals surface area contributed by atoms with E-state index in [9.17, 15) is 9.90 Å². The molecule has 2 aromatic carbocycles. The third kappa shape index (κ3) is 5.00. The highest BCUT2D eigenvalue weighted by Gasteiger charge is 2.42. The van der Waals surface area contributed by atoms with Crippen molar-refractivity contribution >= 4 is 32.9 Å². The van der Waals surface area contributed by atoms with Crippen molar-refractivity contribution in [1.29, 1.82) is 0 Å². The fourth-order valence-electron chi connectivity index (χ4n) is 4.93. The summed E-state index contributed by atoms with van der Waals surface area (Å²) in [7, 11) is 0. The van der Waals surface area contributed by atoms with Crippen molar-refractivity contribution in [2.75, 3.05) is 0 Å². The van der Waals surface area contributed by atoms with Crippen LogP contribution >= 0.6 is 15.9 Å². The lowest BCUT2D eigenvalue weighted by molar-refractivity contribution is -0.148. The normalized spacial score (nSPS) is 14.9. The Morgan fingerprint density at radius 3 is 2.58 bits per heavy atom. The Kier molecular flexibility index (Phi) is 6.79. The monoisotopic (exact) mass is 551 g/mol. The molecule has 0 radical (unpaired) electrons. The molecule has 6 nitrogen and oxygen atoms in total. The fourth-order valence-corrected chi connectivity index (χ4v) is 5.20. The number of pyridine rings is 1. The van der Waals surface area contributed by atoms with Gasteiger partial charge in [-0.2, -0.15) is 0 Å². The second kappa shape index (κ2) is 10.0. The molecule has 0 saturated heterocycles. The van der Waals surface area contributed by atoms with E-state index in [1.807, 2.05) is 47.9 Å². The summed E-state index contributed by atoms with van der Waals surface area (Å²) in [5.41, 5.74) is 2.74. The summed E-state index contributed by atoms with van der Waals surface area (Å²) in [4.78, 5) is 21.3. The maximum atomic E-state index is 15.3. The molecular weight excluding hydrogens is 525 g/mol. The van der Waals surface area contributed by atoms with Gasteiger partial charge in [-0.25, -0.2) is 9.37 Å². The maximum Gasteiger partial charge on any atom is 0.310 e. The standard InChI is InChI=1S/C28H27BrFN3O3/c1-18-4-9-21(31-15-18)17-36-22-12-23(30)26-24(13-22)33(16-19-5-7-20(29)8-6-19)25(32-26)14-28(27(34)35)10-2-3-11-28/h4-9,12-13,15H,2-3,10-11,14,16-17H2,1H3,(H,34,35). The van der Waals surface area contributed by atoms with Gasteiger partial charge < -0.3 is 14.4 Å². The van der Waals surface area contributed by atoms with Gasteiger partial charge in [0.1, 0.15) is 23.7 Å². The van der Waals surface area contributed by atoms with Gasteiger partial charge in [-0.1, -0.05) is 47.0 Å². The molecule has 36 heavy (non-hydrogen) atoms. The van der Waals surface area contributed by atoms with Crippen molar-refractivity contribution < 1.29 is 19.0 Å². The van der Waals surface area contributed by atoms with Crippen LogP contribution in [0.25, 0.3) is 11.0 Å². The third-order valence-corrected chi connectivity index (χ3v) is 7.51. The zero-order chi connectivity index (χ0) is 25.3. The summed E-state index contributed by atoms with van der Waals surface area (Å²) < 4.78 is 24.1. The van der Waals surface area contributed by atoms with Gasteiger partial charge in [0, 0.05) is 35.8 Å². The van der Waals surface area contributed by atoms with Gasteiger partial charge in [0.15, 0.2) is 5.82 Å². The molecule has 0 spiro atoms. The number of hydrogen-bond acceptors (Lipinski definition) is 4. The zero-order valence-corrected chi connectivity index (χ0v) is 21.6. The number of benzene rings is 2. The largest absolute Gasteiger partial charge is 0.487 e. The number of aryl methyl sites for hydroxylation is 1. The van der Waals surface area contributed by atoms with Gasteiger partial charge in [-0.15, -0.1) is 0 Å². The van der Waals surface area contributed by atoms with Crippen molar-refractivity contribution in [2.45, 2.75) is 52.2 Å². The number of nitrogens with zero attached hydrogens (tertiary/aromatic N) is 3. The first-order valence-electron chi connectivity index (χ1n) is 12.0. The van der Waals surface area contributed by atoms with Gasteiger partial charge >= 0.3 is 5.97 Å². The summed E-state index contributed by atoms with van der Waals surface area (Å²) in [6.45, 7) is 2.61. The van der Waals surface area contributed by atoms with Crippen molar-refractivity contribution in [2.24, 2.45) is 5.41 Å². The molecule has 8 heteroatoms. The molecule has 1 N–H and O–H groups in total. The molecule has 2 heterocycles. The number of halogens is 2. The Morgan fingerprint density at radius 2 is 1.92 bits per heavy atom. The van der Waals surface area contributed by atoms with E-state index < -0.39 is 17.2 Å². The molecule has 2 aromatic heterocycles. The predicted octanol–water partition coefficient (Wildman–Crippen LogP) is 6.46. The Labute approximate surface area is 217 Å². The van der Waals surface area contributed by atoms with Crippen LogP contribution in [-0.2, 0) is 24.4 Å². The third-order valence-electron chi connectivity index (χ3n) is 6.98. The molecule has 0 amide bonds. The maximum absolute atomic E-state index is 15.3. The number of hydrogen-bond donors (Lipinski definition) is 1. The van der Waals surface area contributed by atoms with Gasteiger partial charge in [-0.3, -0.25) is 9.78 Å². The number of carbonyl (C=O) groups is 1. The molecule has 0 aliphatic heterocycles. The summed E-state index contributed by atoms with van der Waals surface area (Å²) >= 11 is 3.46. The lowest BCUT2D eigenvalue weighted by Crippen LogP contribution is -2.31. The van der Waals surface area contributed by atoms with Gasteiger partial charge in [0.05, 0.1) is 16.6 Å². The molecule has 1 saturated carbocycles. The number of carboxylic acids is 1. The Hall–Kier alpha value is -3.26. The second-order valence-electron chi connectivity index (χ2n) is 9.60. The topological polar surface area (TPSA) is 77.2 Å². The minimum absolute atomic E-state index is 0.209. The van der Waals surface area contributed by atoms with E-state index in [2.05, 4.69) is 25.9 Å². The number of aromatic nitrogens is 3. The van der Waals surface area contributed by atoms with Crippen LogP contribution in [0.5, 0.6) is 5.75 Å². The summed E-state index contributed by atoms with van der Waals surface area (Å²) in [6.07, 6.45) is 4.98. The van der Waals surface area contributed by atoms with E-state index in [0.29, 0.717) is 36.5 Å². The predicted molar refractivity (Wildman–Crippen MR) is 138 cm³/mol. The Bertz CT molecular complexity index is 1390. The molecule has 1 aliphatic carbocycles. The van der Waals surface area contributed by atoms with Crippen molar-refractivity contribution in [1.82, 2.24) is 14.5 Å². The Morgan fingerprint density at radius 1 is 1.17 bits per heavy atom. The average molecular weight is 552 g/mol. The molecule has 1 fully saturated rings. The lowest BCUT2D eigenvalue weighted by atomic mass is 9.82. The summed E-state index contributed by atoms with van der Waals surface area (Å²) in [5, 5.41) is 10.1. The van der Waals surface area contributed by atoms with E-state index >= 15 is 4.39 Å². The van der Waals surface area contributed by atoms with Gasteiger partial charge in [0.25, 0.3) is 0 Å². The van der Waals surface area contributed by atoms with E-state index in [-0.39, 0.29) is 18.5 Å². The highest BCUT2D eigenvalue weighted by Crippen LogP contribution is 2.42. The van der Waals surface area contributed by atoms with E-state index in [1.54, 1.807) is 12.3 Å². The molecule has 5 rings (SSSR count). The van der Waals surface area contributed by atoms with Crippen molar-refractivity contribution in [3.63, 3.8) is 0 Å². The first kappa shape index (κ1) is 24.4. The van der Waals surface area contributed by atoms with Crippen LogP contribution in [0.15, 0.2) is 59.2 Å². The minimum atomic E-state index is -0.869. The van der Waals surface area contributed by atoms with Crippen LogP contribution in [0.3, 0.4) is 0 Å².